The smallest absolute Gasteiger partial charge is 0.347 e. The molecule has 0 fully saturated rings. The zero-order valence-electron chi connectivity index (χ0n) is 18.1. The van der Waals surface area contributed by atoms with E-state index in [1.165, 1.54) is 29.2 Å². The van der Waals surface area contributed by atoms with Gasteiger partial charge in [-0.3, -0.25) is 10.1 Å². The second kappa shape index (κ2) is 9.17. The molecule has 4 rings (SSSR count). The first-order chi connectivity index (χ1) is 16.2. The van der Waals surface area contributed by atoms with Gasteiger partial charge in [-0.2, -0.15) is 0 Å². The third kappa shape index (κ3) is 4.09. The highest BCUT2D eigenvalue weighted by atomic mass is 35.5. The summed E-state index contributed by atoms with van der Waals surface area (Å²) in [6.07, 6.45) is -1.60. The van der Waals surface area contributed by atoms with Crippen LogP contribution in [0.5, 0.6) is 5.75 Å². The van der Waals surface area contributed by atoms with Gasteiger partial charge in [0.25, 0.3) is 0 Å². The van der Waals surface area contributed by atoms with E-state index in [0.717, 1.165) is 0 Å². The average molecular weight is 481 g/mol. The minimum Gasteiger partial charge on any atom is -0.478 e. The van der Waals surface area contributed by atoms with Crippen molar-refractivity contribution in [1.82, 2.24) is 5.32 Å². The van der Waals surface area contributed by atoms with Gasteiger partial charge in [0, 0.05) is 23.3 Å². The van der Waals surface area contributed by atoms with Gasteiger partial charge in [-0.25, -0.2) is 9.59 Å². The van der Waals surface area contributed by atoms with Crippen LogP contribution in [0.1, 0.15) is 21.5 Å². The van der Waals surface area contributed by atoms with Gasteiger partial charge in [-0.05, 0) is 42.0 Å². The van der Waals surface area contributed by atoms with Gasteiger partial charge in [0.05, 0.1) is 12.1 Å². The fourth-order valence-electron chi connectivity index (χ4n) is 4.19. The molecule has 0 radical (unpaired) electrons. The van der Waals surface area contributed by atoms with Crippen LogP contribution in [0, 0.1) is 0 Å². The number of ether oxygens (including phenoxy) is 1. The Balaban J connectivity index is 1.99. The number of hydrogen-bond acceptors (Lipinski definition) is 5. The SMILES string of the molecule is CN1C(=O)CN[C@](c2ccccc2)([C@H](Oc2cccc(C(=O)O)c2)C(=O)O)c2cc(Cl)ccc21. The lowest BCUT2D eigenvalue weighted by Crippen LogP contribution is -2.58. The number of amides is 1. The maximum atomic E-state index is 12.8. The molecule has 1 aliphatic rings. The fourth-order valence-corrected chi connectivity index (χ4v) is 4.36. The molecule has 0 aliphatic carbocycles. The second-order valence-corrected chi connectivity index (χ2v) is 8.25. The standard InChI is InChI=1S/C25H21ClN2O6/c1-28-20-11-10-17(26)13-19(20)25(27-14-21(28)29,16-7-3-2-4-8-16)22(24(32)33)34-18-9-5-6-15(12-18)23(30)31/h2-13,22,27H,14H2,1H3,(H,30,31)(H,32,33)/t22-,25+/m1/s1. The van der Waals surface area contributed by atoms with Crippen LogP contribution in [-0.2, 0) is 15.1 Å². The Hall–Kier alpha value is -3.88. The summed E-state index contributed by atoms with van der Waals surface area (Å²) >= 11 is 6.34. The van der Waals surface area contributed by atoms with Crippen molar-refractivity contribution in [2.45, 2.75) is 11.6 Å². The van der Waals surface area contributed by atoms with Crippen LogP contribution in [0.3, 0.4) is 0 Å². The molecule has 174 valence electrons. The average Bonchev–Trinajstić information content (AvgIpc) is 2.93. The van der Waals surface area contributed by atoms with Crippen molar-refractivity contribution in [3.8, 4) is 5.75 Å². The van der Waals surface area contributed by atoms with Crippen LogP contribution in [0.15, 0.2) is 72.8 Å². The zero-order valence-corrected chi connectivity index (χ0v) is 18.8. The van der Waals surface area contributed by atoms with Crippen molar-refractivity contribution >= 4 is 35.1 Å². The number of carboxylic acids is 2. The lowest BCUT2D eigenvalue weighted by molar-refractivity contribution is -0.149. The second-order valence-electron chi connectivity index (χ2n) is 7.81. The van der Waals surface area contributed by atoms with Crippen LogP contribution in [0.4, 0.5) is 5.69 Å². The molecular weight excluding hydrogens is 460 g/mol. The third-order valence-electron chi connectivity index (χ3n) is 5.82. The number of hydrogen-bond donors (Lipinski definition) is 3. The maximum Gasteiger partial charge on any atom is 0.347 e. The van der Waals surface area contributed by atoms with Gasteiger partial charge in [-0.15, -0.1) is 0 Å². The Kier molecular flexibility index (Phi) is 6.28. The summed E-state index contributed by atoms with van der Waals surface area (Å²) in [6.45, 7) is -0.181. The molecule has 0 unspecified atom stereocenters. The number of nitrogens with zero attached hydrogens (tertiary/aromatic N) is 1. The highest BCUT2D eigenvalue weighted by Gasteiger charge is 2.51. The molecule has 2 atom stereocenters. The summed E-state index contributed by atoms with van der Waals surface area (Å²) in [5.41, 5.74) is -0.169. The summed E-state index contributed by atoms with van der Waals surface area (Å²) in [5.74, 6) is -2.72. The zero-order chi connectivity index (χ0) is 24.5. The van der Waals surface area contributed by atoms with Crippen LogP contribution in [0.25, 0.3) is 0 Å². The number of nitrogens with one attached hydrogen (secondary N) is 1. The third-order valence-corrected chi connectivity index (χ3v) is 6.05. The summed E-state index contributed by atoms with van der Waals surface area (Å²) in [4.78, 5) is 38.5. The predicted molar refractivity (Wildman–Crippen MR) is 126 cm³/mol. The van der Waals surface area contributed by atoms with Crippen molar-refractivity contribution < 1.29 is 29.3 Å². The molecule has 1 amide bonds. The number of likely N-dealkylation sites (N-methyl/N-ethyl adjacent to an activating group) is 1. The lowest BCUT2D eigenvalue weighted by Gasteiger charge is -2.40. The Labute approximate surface area is 200 Å². The van der Waals surface area contributed by atoms with Crippen molar-refractivity contribution in [3.63, 3.8) is 0 Å². The quantitative estimate of drug-likeness (QED) is 0.495. The largest absolute Gasteiger partial charge is 0.478 e. The maximum absolute atomic E-state index is 12.8. The van der Waals surface area contributed by atoms with Gasteiger partial charge in [0.2, 0.25) is 12.0 Å². The molecule has 1 aliphatic heterocycles. The molecule has 3 aromatic rings. The molecule has 9 heteroatoms. The van der Waals surface area contributed by atoms with Gasteiger partial charge in [0.15, 0.2) is 0 Å². The first-order valence-electron chi connectivity index (χ1n) is 10.3. The van der Waals surface area contributed by atoms with Crippen molar-refractivity contribution in [3.05, 3.63) is 94.5 Å². The van der Waals surface area contributed by atoms with Gasteiger partial charge in [0.1, 0.15) is 11.3 Å². The summed E-state index contributed by atoms with van der Waals surface area (Å²) in [5, 5.41) is 23.2. The van der Waals surface area contributed by atoms with Crippen molar-refractivity contribution in [1.29, 1.82) is 0 Å². The molecule has 1 heterocycles. The Morgan fingerprint density at radius 1 is 1.06 bits per heavy atom. The Morgan fingerprint density at radius 3 is 2.47 bits per heavy atom. The van der Waals surface area contributed by atoms with Crippen LogP contribution in [-0.4, -0.2) is 47.8 Å². The number of aliphatic carboxylic acids is 1. The molecule has 8 nitrogen and oxygen atoms in total. The van der Waals surface area contributed by atoms with Crippen molar-refractivity contribution in [2.24, 2.45) is 0 Å². The molecule has 0 bridgehead atoms. The molecule has 0 saturated heterocycles. The predicted octanol–water partition coefficient (Wildman–Crippen LogP) is 3.38. The number of benzene rings is 3. The lowest BCUT2D eigenvalue weighted by atomic mass is 9.77. The van der Waals surface area contributed by atoms with E-state index in [1.54, 1.807) is 55.6 Å². The molecule has 34 heavy (non-hydrogen) atoms. The van der Waals surface area contributed by atoms with E-state index in [0.29, 0.717) is 21.8 Å². The minimum atomic E-state index is -1.60. The van der Waals surface area contributed by atoms with Crippen LogP contribution in [0.2, 0.25) is 5.02 Å². The topological polar surface area (TPSA) is 116 Å². The summed E-state index contributed by atoms with van der Waals surface area (Å²) in [6, 6.07) is 19.2. The number of fused-ring (bicyclic) bond motifs is 1. The van der Waals surface area contributed by atoms with E-state index in [4.69, 9.17) is 16.3 Å². The molecular formula is C25H21ClN2O6. The molecule has 3 N–H and O–H groups in total. The minimum absolute atomic E-state index is 0.0527. The van der Waals surface area contributed by atoms with Crippen LogP contribution < -0.4 is 15.0 Å². The fraction of sp³-hybridized carbons (Fsp3) is 0.160. The number of halogens is 1. The summed E-state index contributed by atoms with van der Waals surface area (Å²) < 4.78 is 5.99. The molecule has 0 spiro atoms. The monoisotopic (exact) mass is 480 g/mol. The number of anilines is 1. The van der Waals surface area contributed by atoms with Gasteiger partial charge >= 0.3 is 11.9 Å². The van der Waals surface area contributed by atoms with E-state index in [9.17, 15) is 24.6 Å². The van der Waals surface area contributed by atoms with E-state index >= 15 is 0 Å². The summed E-state index contributed by atoms with van der Waals surface area (Å²) in [7, 11) is 1.60. The van der Waals surface area contributed by atoms with E-state index in [1.807, 2.05) is 0 Å². The van der Waals surface area contributed by atoms with E-state index < -0.39 is 23.6 Å². The number of rotatable bonds is 6. The normalized spacial score (nSPS) is 18.5. The number of aromatic carboxylic acids is 1. The van der Waals surface area contributed by atoms with E-state index in [-0.39, 0.29) is 23.8 Å². The molecule has 0 aromatic heterocycles. The first kappa shape index (κ1) is 23.3. The number of carboxylic acid groups (broad SMARTS) is 2. The number of carbonyl (C=O) groups excluding carboxylic acids is 1. The highest BCUT2D eigenvalue weighted by molar-refractivity contribution is 6.30. The van der Waals surface area contributed by atoms with Gasteiger partial charge in [-0.1, -0.05) is 48.0 Å². The Morgan fingerprint density at radius 2 is 1.79 bits per heavy atom. The van der Waals surface area contributed by atoms with Crippen molar-refractivity contribution in [2.75, 3.05) is 18.5 Å². The van der Waals surface area contributed by atoms with Gasteiger partial charge < -0.3 is 19.8 Å². The van der Waals surface area contributed by atoms with E-state index in [2.05, 4.69) is 5.32 Å². The highest BCUT2D eigenvalue weighted by Crippen LogP contribution is 2.43. The number of carbonyl (C=O) groups is 3. The molecule has 3 aromatic carbocycles. The Bertz CT molecular complexity index is 1270. The first-order valence-corrected chi connectivity index (χ1v) is 10.7. The van der Waals surface area contributed by atoms with Crippen LogP contribution >= 0.6 is 11.6 Å². The molecule has 0 saturated carbocycles.